The van der Waals surface area contributed by atoms with Crippen LogP contribution in [0.3, 0.4) is 0 Å². The lowest BCUT2D eigenvalue weighted by atomic mass is 10.1. The summed E-state index contributed by atoms with van der Waals surface area (Å²) in [4.78, 5) is 19.5. The van der Waals surface area contributed by atoms with Crippen molar-refractivity contribution in [2.75, 3.05) is 32.8 Å². The topological polar surface area (TPSA) is 97.6 Å². The molecule has 2 aliphatic rings. The van der Waals surface area contributed by atoms with E-state index in [9.17, 15) is 13.2 Å². The van der Waals surface area contributed by atoms with E-state index in [0.717, 1.165) is 16.7 Å². The third-order valence-corrected chi connectivity index (χ3v) is 8.42. The summed E-state index contributed by atoms with van der Waals surface area (Å²) in [7, 11) is -3.62. The van der Waals surface area contributed by atoms with E-state index >= 15 is 0 Å². The third-order valence-electron chi connectivity index (χ3n) is 6.51. The number of hydrogen-bond donors (Lipinski definition) is 0. The summed E-state index contributed by atoms with van der Waals surface area (Å²) in [6.07, 6.45) is 4.17. The molecule has 10 heteroatoms. The number of rotatable bonds is 7. The van der Waals surface area contributed by atoms with Gasteiger partial charge in [0.1, 0.15) is 12.3 Å². The number of piperazine rings is 1. The highest BCUT2D eigenvalue weighted by molar-refractivity contribution is 7.89. The summed E-state index contributed by atoms with van der Waals surface area (Å²) in [6.45, 7) is 5.64. The van der Waals surface area contributed by atoms with E-state index in [-0.39, 0.29) is 30.4 Å². The molecule has 9 nitrogen and oxygen atoms in total. The van der Waals surface area contributed by atoms with Crippen LogP contribution in [0.15, 0.2) is 41.4 Å². The molecule has 1 saturated carbocycles. The van der Waals surface area contributed by atoms with Crippen molar-refractivity contribution in [3.63, 3.8) is 0 Å². The van der Waals surface area contributed by atoms with Crippen LogP contribution in [0.1, 0.15) is 36.9 Å². The van der Waals surface area contributed by atoms with E-state index in [1.807, 2.05) is 13.8 Å². The van der Waals surface area contributed by atoms with Gasteiger partial charge in [-0.25, -0.2) is 18.1 Å². The van der Waals surface area contributed by atoms with Crippen LogP contribution in [0.25, 0.3) is 11.0 Å². The number of amides is 1. The summed E-state index contributed by atoms with van der Waals surface area (Å²) in [5.41, 5.74) is 2.91. The summed E-state index contributed by atoms with van der Waals surface area (Å²) < 4.78 is 34.6. The normalized spacial score (nSPS) is 17.3. The van der Waals surface area contributed by atoms with Crippen LogP contribution in [0.4, 0.5) is 0 Å². The Bertz CT molecular complexity index is 1310. The molecule has 2 fully saturated rings. The van der Waals surface area contributed by atoms with Gasteiger partial charge in [-0.2, -0.15) is 9.40 Å². The van der Waals surface area contributed by atoms with Gasteiger partial charge in [0, 0.05) is 37.8 Å². The number of ether oxygens (including phenoxy) is 1. The molecule has 0 atom stereocenters. The molecule has 0 unspecified atom stereocenters. The lowest BCUT2D eigenvalue weighted by molar-refractivity contribution is -0.133. The maximum atomic E-state index is 13.0. The molecular weight excluding hydrogens is 454 g/mol. The number of benzene rings is 1. The van der Waals surface area contributed by atoms with E-state index in [4.69, 9.17) is 4.74 Å². The van der Waals surface area contributed by atoms with Crippen molar-refractivity contribution in [3.8, 4) is 5.75 Å². The largest absolute Gasteiger partial charge is 0.494 e. The second-order valence-electron chi connectivity index (χ2n) is 8.81. The van der Waals surface area contributed by atoms with Crippen molar-refractivity contribution in [1.29, 1.82) is 0 Å². The Balaban J connectivity index is 1.25. The number of fused-ring (bicyclic) bond motifs is 1. The Morgan fingerprint density at radius 2 is 1.79 bits per heavy atom. The fourth-order valence-electron chi connectivity index (χ4n) is 4.58. The fourth-order valence-corrected chi connectivity index (χ4v) is 6.01. The first-order chi connectivity index (χ1) is 16.4. The van der Waals surface area contributed by atoms with Crippen molar-refractivity contribution in [2.24, 2.45) is 0 Å². The van der Waals surface area contributed by atoms with E-state index < -0.39 is 10.0 Å². The van der Waals surface area contributed by atoms with E-state index in [1.54, 1.807) is 40.0 Å². The lowest BCUT2D eigenvalue weighted by Gasteiger charge is -2.34. The fraction of sp³-hybridized carbons (Fsp3) is 0.458. The van der Waals surface area contributed by atoms with Crippen LogP contribution in [-0.2, 0) is 21.4 Å². The summed E-state index contributed by atoms with van der Waals surface area (Å²) in [5, 5.41) is 5.66. The highest BCUT2D eigenvalue weighted by atomic mass is 32.2. The van der Waals surface area contributed by atoms with Crippen molar-refractivity contribution in [2.45, 2.75) is 44.0 Å². The van der Waals surface area contributed by atoms with Gasteiger partial charge in [0.15, 0.2) is 5.65 Å². The number of aryl methyl sites for hydroxylation is 1. The van der Waals surface area contributed by atoms with Gasteiger partial charge in [0.2, 0.25) is 15.9 Å². The molecule has 5 rings (SSSR count). The second kappa shape index (κ2) is 8.99. The Kier molecular flexibility index (Phi) is 6.03. The van der Waals surface area contributed by atoms with E-state index in [1.165, 1.54) is 22.7 Å². The van der Waals surface area contributed by atoms with Crippen LogP contribution >= 0.6 is 0 Å². The molecule has 34 heavy (non-hydrogen) atoms. The lowest BCUT2D eigenvalue weighted by Crippen LogP contribution is -2.51. The SMILES string of the molecule is CCOc1ccc(S(=O)(=O)N2CCN(C(=O)Cn3nc(C)c4c(C5CC5)ccnc43)CC2)cc1. The molecule has 180 valence electrons. The van der Waals surface area contributed by atoms with Gasteiger partial charge in [0.25, 0.3) is 0 Å². The Morgan fingerprint density at radius 3 is 2.44 bits per heavy atom. The average molecular weight is 484 g/mol. The Morgan fingerprint density at radius 1 is 1.09 bits per heavy atom. The predicted octanol–water partition coefficient (Wildman–Crippen LogP) is 2.55. The van der Waals surface area contributed by atoms with Gasteiger partial charge < -0.3 is 9.64 Å². The molecule has 1 aliphatic heterocycles. The van der Waals surface area contributed by atoms with E-state index in [2.05, 4.69) is 16.1 Å². The van der Waals surface area contributed by atoms with Crippen LogP contribution in [0, 0.1) is 6.92 Å². The number of pyridine rings is 1. The van der Waals surface area contributed by atoms with Gasteiger partial charge in [-0.3, -0.25) is 4.79 Å². The van der Waals surface area contributed by atoms with Crippen LogP contribution in [0.2, 0.25) is 0 Å². The molecule has 0 N–H and O–H groups in total. The smallest absolute Gasteiger partial charge is 0.244 e. The summed E-state index contributed by atoms with van der Waals surface area (Å²) >= 11 is 0. The third kappa shape index (κ3) is 4.27. The highest BCUT2D eigenvalue weighted by Crippen LogP contribution is 2.43. The molecule has 3 aromatic rings. The van der Waals surface area contributed by atoms with Crippen molar-refractivity contribution in [3.05, 3.63) is 47.8 Å². The van der Waals surface area contributed by atoms with Crippen LogP contribution < -0.4 is 4.74 Å². The number of nitrogens with zero attached hydrogens (tertiary/aromatic N) is 5. The quantitative estimate of drug-likeness (QED) is 0.512. The van der Waals surface area contributed by atoms with Crippen molar-refractivity contribution >= 4 is 27.0 Å². The number of sulfonamides is 1. The molecular formula is C24H29N5O4S. The maximum Gasteiger partial charge on any atom is 0.244 e. The minimum atomic E-state index is -3.62. The summed E-state index contributed by atoms with van der Waals surface area (Å²) in [5.74, 6) is 1.13. The van der Waals surface area contributed by atoms with Crippen LogP contribution in [-0.4, -0.2) is 71.1 Å². The zero-order valence-corrected chi connectivity index (χ0v) is 20.3. The first-order valence-corrected chi connectivity index (χ1v) is 13.1. The molecule has 1 aromatic carbocycles. The Labute approximate surface area is 199 Å². The molecule has 1 aliphatic carbocycles. The molecule has 1 saturated heterocycles. The van der Waals surface area contributed by atoms with Gasteiger partial charge in [-0.1, -0.05) is 0 Å². The number of aromatic nitrogens is 3. The molecule has 3 heterocycles. The van der Waals surface area contributed by atoms with Crippen LogP contribution in [0.5, 0.6) is 5.75 Å². The zero-order chi connectivity index (χ0) is 23.9. The summed E-state index contributed by atoms with van der Waals surface area (Å²) in [6, 6.07) is 8.51. The van der Waals surface area contributed by atoms with Gasteiger partial charge in [-0.05, 0) is 68.5 Å². The predicted molar refractivity (Wildman–Crippen MR) is 127 cm³/mol. The standard InChI is InChI=1S/C24H29N5O4S/c1-3-33-19-6-8-20(9-7-19)34(31,32)28-14-12-27(13-15-28)22(30)16-29-24-23(17(2)26-29)21(10-11-25-24)18-4-5-18/h6-11,18H,3-5,12-16H2,1-2H3. The Hall–Kier alpha value is -2.98. The molecule has 0 spiro atoms. The van der Waals surface area contributed by atoms with Crippen molar-refractivity contribution in [1.82, 2.24) is 24.0 Å². The first kappa shape index (κ1) is 22.8. The molecule has 2 aromatic heterocycles. The van der Waals surface area contributed by atoms with Gasteiger partial charge in [0.05, 0.1) is 17.2 Å². The monoisotopic (exact) mass is 483 g/mol. The minimum Gasteiger partial charge on any atom is -0.494 e. The highest BCUT2D eigenvalue weighted by Gasteiger charge is 2.31. The molecule has 0 radical (unpaired) electrons. The molecule has 0 bridgehead atoms. The van der Waals surface area contributed by atoms with Gasteiger partial charge in [-0.15, -0.1) is 0 Å². The maximum absolute atomic E-state index is 13.0. The number of carbonyl (C=O) groups is 1. The van der Waals surface area contributed by atoms with Crippen molar-refractivity contribution < 1.29 is 17.9 Å². The minimum absolute atomic E-state index is 0.0823. The average Bonchev–Trinajstić information content (AvgIpc) is 3.64. The second-order valence-corrected chi connectivity index (χ2v) is 10.7. The zero-order valence-electron chi connectivity index (χ0n) is 19.5. The molecule has 1 amide bonds. The van der Waals surface area contributed by atoms with Gasteiger partial charge >= 0.3 is 0 Å². The number of carbonyl (C=O) groups excluding carboxylic acids is 1. The van der Waals surface area contributed by atoms with E-state index in [0.29, 0.717) is 31.4 Å². The first-order valence-electron chi connectivity index (χ1n) is 11.7. The number of hydrogen-bond acceptors (Lipinski definition) is 6.